The highest BCUT2D eigenvalue weighted by Crippen LogP contribution is 2.13. The highest BCUT2D eigenvalue weighted by Gasteiger charge is 2.16. The van der Waals surface area contributed by atoms with E-state index in [2.05, 4.69) is 0 Å². The van der Waals surface area contributed by atoms with E-state index < -0.39 is 21.6 Å². The van der Waals surface area contributed by atoms with E-state index >= 15 is 0 Å². The molecule has 0 saturated heterocycles. The van der Waals surface area contributed by atoms with Gasteiger partial charge in [-0.05, 0) is 24.3 Å². The molecular weight excluding hydrogens is 288 g/mol. The van der Waals surface area contributed by atoms with Gasteiger partial charge in [-0.3, -0.25) is 14.0 Å². The molecule has 2 aromatic rings. The molecular formula is C11H10N2O6S. The standard InChI is InChI=1S/C11H10N2O6S/c1-12-9(11(15)16)6-10(14)13(12)7-2-4-8(5-3-7)20(17,18)19/h2-6H,1H3,(H,15,16)(H,17,18,19). The molecule has 2 rings (SSSR count). The number of carboxylic acid groups (broad SMARTS) is 1. The van der Waals surface area contributed by atoms with Crippen LogP contribution < -0.4 is 5.56 Å². The Kier molecular flexibility index (Phi) is 3.24. The van der Waals surface area contributed by atoms with Gasteiger partial charge < -0.3 is 5.11 Å². The van der Waals surface area contributed by atoms with E-state index in [0.717, 1.165) is 27.6 Å². The van der Waals surface area contributed by atoms with Crippen LogP contribution in [0, 0.1) is 0 Å². The second-order valence-electron chi connectivity index (χ2n) is 3.98. The summed E-state index contributed by atoms with van der Waals surface area (Å²) in [4.78, 5) is 22.4. The predicted molar refractivity (Wildman–Crippen MR) is 67.8 cm³/mol. The van der Waals surface area contributed by atoms with Gasteiger partial charge in [-0.1, -0.05) is 0 Å². The summed E-state index contributed by atoms with van der Waals surface area (Å²) in [5.74, 6) is -1.25. The van der Waals surface area contributed by atoms with Crippen molar-refractivity contribution in [1.82, 2.24) is 9.36 Å². The van der Waals surface area contributed by atoms with E-state index in [0.29, 0.717) is 0 Å². The summed E-state index contributed by atoms with van der Waals surface area (Å²) in [5.41, 5.74) is -0.490. The predicted octanol–water partition coefficient (Wildman–Crippen LogP) is 0.121. The number of aromatic nitrogens is 2. The first kappa shape index (κ1) is 14.0. The lowest BCUT2D eigenvalue weighted by molar-refractivity contribution is 0.0684. The third-order valence-corrected chi connectivity index (χ3v) is 3.58. The molecule has 0 aliphatic rings. The van der Waals surface area contributed by atoms with Gasteiger partial charge in [-0.15, -0.1) is 0 Å². The van der Waals surface area contributed by atoms with Gasteiger partial charge in [0.2, 0.25) is 0 Å². The molecule has 0 fully saturated rings. The molecule has 9 heteroatoms. The molecule has 2 N–H and O–H groups in total. The van der Waals surface area contributed by atoms with E-state index in [1.165, 1.54) is 19.2 Å². The van der Waals surface area contributed by atoms with Crippen molar-refractivity contribution in [2.75, 3.05) is 0 Å². The zero-order chi connectivity index (χ0) is 15.1. The molecule has 0 radical (unpaired) electrons. The first-order valence-electron chi connectivity index (χ1n) is 5.32. The second-order valence-corrected chi connectivity index (χ2v) is 5.40. The summed E-state index contributed by atoms with van der Waals surface area (Å²) >= 11 is 0. The Morgan fingerprint density at radius 1 is 1.20 bits per heavy atom. The van der Waals surface area contributed by atoms with Crippen molar-refractivity contribution in [2.45, 2.75) is 4.90 Å². The number of rotatable bonds is 3. The molecule has 0 spiro atoms. The Balaban J connectivity index is 2.59. The number of aromatic carboxylic acids is 1. The minimum Gasteiger partial charge on any atom is -0.477 e. The van der Waals surface area contributed by atoms with Crippen LogP contribution in [0.5, 0.6) is 0 Å². The summed E-state index contributed by atoms with van der Waals surface area (Å²) in [7, 11) is -2.93. The molecule has 8 nitrogen and oxygen atoms in total. The fourth-order valence-electron chi connectivity index (χ4n) is 1.79. The summed E-state index contributed by atoms with van der Waals surface area (Å²) in [5, 5.41) is 8.92. The fourth-order valence-corrected chi connectivity index (χ4v) is 2.27. The van der Waals surface area contributed by atoms with E-state index in [4.69, 9.17) is 9.66 Å². The Morgan fingerprint density at radius 3 is 2.15 bits per heavy atom. The summed E-state index contributed by atoms with van der Waals surface area (Å²) in [6.45, 7) is 0. The van der Waals surface area contributed by atoms with Crippen LogP contribution in [0.1, 0.15) is 10.5 Å². The largest absolute Gasteiger partial charge is 0.477 e. The minimum absolute atomic E-state index is 0.200. The van der Waals surface area contributed by atoms with Gasteiger partial charge in [0.15, 0.2) is 0 Å². The molecule has 20 heavy (non-hydrogen) atoms. The van der Waals surface area contributed by atoms with Gasteiger partial charge >= 0.3 is 5.97 Å². The lowest BCUT2D eigenvalue weighted by atomic mass is 10.3. The van der Waals surface area contributed by atoms with E-state index in [9.17, 15) is 18.0 Å². The number of hydrogen-bond donors (Lipinski definition) is 2. The van der Waals surface area contributed by atoms with E-state index in [1.54, 1.807) is 0 Å². The number of carbonyl (C=O) groups is 1. The molecule has 0 bridgehead atoms. The SMILES string of the molecule is Cn1c(C(=O)O)cc(=O)n1-c1ccc(S(=O)(=O)O)cc1. The molecule has 0 saturated carbocycles. The Morgan fingerprint density at radius 2 is 1.75 bits per heavy atom. The summed E-state index contributed by atoms with van der Waals surface area (Å²) in [6, 6.07) is 5.76. The van der Waals surface area contributed by atoms with E-state index in [1.807, 2.05) is 0 Å². The molecule has 1 heterocycles. The number of carboxylic acids is 1. The highest BCUT2D eigenvalue weighted by molar-refractivity contribution is 7.85. The molecule has 1 aromatic carbocycles. The molecule has 0 atom stereocenters. The van der Waals surface area contributed by atoms with Crippen molar-refractivity contribution >= 4 is 16.1 Å². The van der Waals surface area contributed by atoms with E-state index in [-0.39, 0.29) is 16.3 Å². The topological polar surface area (TPSA) is 119 Å². The third kappa shape index (κ3) is 2.36. The van der Waals surface area contributed by atoms with Gasteiger partial charge in [0.25, 0.3) is 15.7 Å². The zero-order valence-corrected chi connectivity index (χ0v) is 11.0. The quantitative estimate of drug-likeness (QED) is 0.777. The van der Waals surface area contributed by atoms with Gasteiger partial charge in [0.1, 0.15) is 5.69 Å². The Bertz CT molecular complexity index is 829. The molecule has 1 aromatic heterocycles. The van der Waals surface area contributed by atoms with Crippen molar-refractivity contribution in [1.29, 1.82) is 0 Å². The highest BCUT2D eigenvalue weighted by atomic mass is 32.2. The normalized spacial score (nSPS) is 11.5. The van der Waals surface area contributed by atoms with Crippen LogP contribution in [-0.4, -0.2) is 33.4 Å². The van der Waals surface area contributed by atoms with Crippen LogP contribution in [0.4, 0.5) is 0 Å². The van der Waals surface area contributed by atoms with Gasteiger partial charge in [0.05, 0.1) is 10.6 Å². The summed E-state index contributed by atoms with van der Waals surface area (Å²) in [6.07, 6.45) is 0. The Labute approximate surface area is 113 Å². The zero-order valence-electron chi connectivity index (χ0n) is 10.2. The smallest absolute Gasteiger partial charge is 0.354 e. The molecule has 106 valence electrons. The maximum absolute atomic E-state index is 11.8. The van der Waals surface area contributed by atoms with Gasteiger partial charge in [-0.2, -0.15) is 8.42 Å². The van der Waals surface area contributed by atoms with Crippen LogP contribution in [-0.2, 0) is 17.2 Å². The molecule has 0 unspecified atom stereocenters. The maximum atomic E-state index is 11.8. The fraction of sp³-hybridized carbons (Fsp3) is 0.0909. The first-order chi connectivity index (χ1) is 9.21. The number of benzene rings is 1. The minimum atomic E-state index is -4.32. The van der Waals surface area contributed by atoms with Crippen LogP contribution in [0.2, 0.25) is 0 Å². The van der Waals surface area contributed by atoms with Crippen LogP contribution in [0.25, 0.3) is 5.69 Å². The third-order valence-electron chi connectivity index (χ3n) is 2.72. The van der Waals surface area contributed by atoms with Crippen molar-refractivity contribution in [3.63, 3.8) is 0 Å². The maximum Gasteiger partial charge on any atom is 0.354 e. The van der Waals surface area contributed by atoms with Crippen LogP contribution >= 0.6 is 0 Å². The van der Waals surface area contributed by atoms with Crippen LogP contribution in [0.15, 0.2) is 40.0 Å². The van der Waals surface area contributed by atoms with Gasteiger partial charge in [-0.25, -0.2) is 9.48 Å². The molecule has 0 amide bonds. The second kappa shape index (κ2) is 4.62. The van der Waals surface area contributed by atoms with Crippen molar-refractivity contribution < 1.29 is 22.9 Å². The number of hydrogen-bond acceptors (Lipinski definition) is 4. The average molecular weight is 298 g/mol. The lowest BCUT2D eigenvalue weighted by Crippen LogP contribution is -2.20. The van der Waals surface area contributed by atoms with Crippen molar-refractivity contribution in [3.05, 3.63) is 46.4 Å². The first-order valence-corrected chi connectivity index (χ1v) is 6.76. The van der Waals surface area contributed by atoms with Crippen molar-refractivity contribution in [3.8, 4) is 5.69 Å². The molecule has 0 aliphatic heterocycles. The van der Waals surface area contributed by atoms with Gasteiger partial charge in [0, 0.05) is 13.1 Å². The molecule has 0 aliphatic carbocycles. The summed E-state index contributed by atoms with van der Waals surface area (Å²) < 4.78 is 32.9. The van der Waals surface area contributed by atoms with Crippen molar-refractivity contribution in [2.24, 2.45) is 7.05 Å². The van der Waals surface area contributed by atoms with Crippen LogP contribution in [0.3, 0.4) is 0 Å². The Hall–Kier alpha value is -2.39. The lowest BCUT2D eigenvalue weighted by Gasteiger charge is -2.08. The average Bonchev–Trinajstić information content (AvgIpc) is 2.64. The monoisotopic (exact) mass is 298 g/mol. The number of nitrogens with zero attached hydrogens (tertiary/aromatic N) is 2.